The number of aromatic amines is 1. The molecule has 1 aromatic heterocycles. The summed E-state index contributed by atoms with van der Waals surface area (Å²) in [5.41, 5.74) is 1.74. The predicted molar refractivity (Wildman–Crippen MR) is 87.3 cm³/mol. The van der Waals surface area contributed by atoms with Gasteiger partial charge in [-0.25, -0.2) is 8.78 Å². The smallest absolute Gasteiger partial charge is 0.306 e. The molecular formula is C18H16F2N2O3. The van der Waals surface area contributed by atoms with E-state index in [1.54, 1.807) is 18.3 Å². The van der Waals surface area contributed by atoms with Gasteiger partial charge in [-0.1, -0.05) is 25.1 Å². The zero-order valence-electron chi connectivity index (χ0n) is 13.4. The Kier molecular flexibility index (Phi) is 4.65. The summed E-state index contributed by atoms with van der Waals surface area (Å²) in [6.07, 6.45) is 1.69. The number of nitrogens with one attached hydrogen (secondary N) is 1. The number of hydrogen-bond donors (Lipinski definition) is 2. The monoisotopic (exact) mass is 346 g/mol. The normalized spacial score (nSPS) is 12.3. The second-order valence-electron chi connectivity index (χ2n) is 5.87. The summed E-state index contributed by atoms with van der Waals surface area (Å²) >= 11 is 0. The van der Waals surface area contributed by atoms with E-state index in [1.165, 1.54) is 6.92 Å². The third-order valence-corrected chi connectivity index (χ3v) is 3.96. The first-order valence-corrected chi connectivity index (χ1v) is 7.70. The van der Waals surface area contributed by atoms with Crippen LogP contribution in [-0.2, 0) is 17.8 Å². The number of para-hydroxylation sites is 1. The van der Waals surface area contributed by atoms with Crippen molar-refractivity contribution in [3.8, 4) is 5.75 Å². The van der Waals surface area contributed by atoms with E-state index in [0.29, 0.717) is 0 Å². The van der Waals surface area contributed by atoms with Gasteiger partial charge in [-0.05, 0) is 24.1 Å². The number of nitrogens with zero attached hydrogens (tertiary/aromatic N) is 1. The minimum atomic E-state index is -1.02. The van der Waals surface area contributed by atoms with Gasteiger partial charge in [-0.15, -0.1) is 0 Å². The van der Waals surface area contributed by atoms with Crippen LogP contribution in [0.1, 0.15) is 18.1 Å². The topological polar surface area (TPSA) is 75.2 Å². The second kappa shape index (κ2) is 6.88. The molecule has 2 aromatic carbocycles. The van der Waals surface area contributed by atoms with Crippen LogP contribution in [0.25, 0.3) is 10.9 Å². The Morgan fingerprint density at radius 2 is 2.04 bits per heavy atom. The van der Waals surface area contributed by atoms with E-state index in [4.69, 9.17) is 9.84 Å². The molecule has 0 amide bonds. The largest absolute Gasteiger partial charge is 0.483 e. The van der Waals surface area contributed by atoms with Crippen molar-refractivity contribution in [1.29, 1.82) is 0 Å². The minimum Gasteiger partial charge on any atom is -0.483 e. The number of aliphatic carboxylic acids is 1. The van der Waals surface area contributed by atoms with Crippen molar-refractivity contribution in [3.05, 3.63) is 59.3 Å². The quantitative estimate of drug-likeness (QED) is 0.714. The lowest BCUT2D eigenvalue weighted by Gasteiger charge is -2.12. The zero-order chi connectivity index (χ0) is 18.0. The third-order valence-electron chi connectivity index (χ3n) is 3.96. The molecular weight excluding hydrogens is 330 g/mol. The average Bonchev–Trinajstić information content (AvgIpc) is 3.03. The molecule has 0 bridgehead atoms. The summed E-state index contributed by atoms with van der Waals surface area (Å²) in [6.45, 7) is 1.45. The SMILES string of the molecule is CC(Cc1cc(F)c(OCc2cccc3cn[nH]c23)c(F)c1)C(=O)O. The average molecular weight is 346 g/mol. The van der Waals surface area contributed by atoms with Crippen LogP contribution in [0.2, 0.25) is 0 Å². The molecule has 2 N–H and O–H groups in total. The lowest BCUT2D eigenvalue weighted by atomic mass is 10.0. The number of carboxylic acid groups (broad SMARTS) is 1. The van der Waals surface area contributed by atoms with E-state index >= 15 is 0 Å². The van der Waals surface area contributed by atoms with Crippen molar-refractivity contribution >= 4 is 16.9 Å². The second-order valence-corrected chi connectivity index (χ2v) is 5.87. The van der Waals surface area contributed by atoms with Crippen LogP contribution in [0.4, 0.5) is 8.78 Å². The summed E-state index contributed by atoms with van der Waals surface area (Å²) in [7, 11) is 0. The number of H-pyrrole nitrogens is 1. The molecule has 25 heavy (non-hydrogen) atoms. The molecule has 0 spiro atoms. The molecule has 1 atom stereocenters. The number of aromatic nitrogens is 2. The number of hydrogen-bond acceptors (Lipinski definition) is 3. The maximum atomic E-state index is 14.2. The first-order valence-electron chi connectivity index (χ1n) is 7.70. The van der Waals surface area contributed by atoms with E-state index in [-0.39, 0.29) is 18.6 Å². The molecule has 0 aliphatic heterocycles. The van der Waals surface area contributed by atoms with Gasteiger partial charge in [-0.2, -0.15) is 5.10 Å². The van der Waals surface area contributed by atoms with Crippen LogP contribution < -0.4 is 4.74 Å². The van der Waals surface area contributed by atoms with Crippen LogP contribution in [0.5, 0.6) is 5.75 Å². The Balaban J connectivity index is 1.79. The number of ether oxygens (including phenoxy) is 1. The first kappa shape index (κ1) is 16.9. The third kappa shape index (κ3) is 3.60. The Hall–Kier alpha value is -2.96. The lowest BCUT2D eigenvalue weighted by molar-refractivity contribution is -0.141. The van der Waals surface area contributed by atoms with Crippen molar-refractivity contribution in [3.63, 3.8) is 0 Å². The number of benzene rings is 2. The molecule has 5 nitrogen and oxygen atoms in total. The zero-order valence-corrected chi connectivity index (χ0v) is 13.4. The highest BCUT2D eigenvalue weighted by Crippen LogP contribution is 2.26. The van der Waals surface area contributed by atoms with Crippen molar-refractivity contribution in [2.45, 2.75) is 20.0 Å². The summed E-state index contributed by atoms with van der Waals surface area (Å²) in [6, 6.07) is 7.66. The summed E-state index contributed by atoms with van der Waals surface area (Å²) < 4.78 is 33.7. The van der Waals surface area contributed by atoms with Gasteiger partial charge in [0.25, 0.3) is 0 Å². The van der Waals surface area contributed by atoms with Gasteiger partial charge < -0.3 is 9.84 Å². The molecule has 1 heterocycles. The van der Waals surface area contributed by atoms with Gasteiger partial charge in [0.15, 0.2) is 17.4 Å². The molecule has 0 aliphatic rings. The lowest BCUT2D eigenvalue weighted by Crippen LogP contribution is -2.12. The van der Waals surface area contributed by atoms with Gasteiger partial charge in [0, 0.05) is 10.9 Å². The fourth-order valence-corrected chi connectivity index (χ4v) is 2.61. The number of rotatable bonds is 6. The highest BCUT2D eigenvalue weighted by atomic mass is 19.1. The van der Waals surface area contributed by atoms with E-state index in [1.807, 2.05) is 6.07 Å². The van der Waals surface area contributed by atoms with Crippen molar-refractivity contribution in [1.82, 2.24) is 10.2 Å². The van der Waals surface area contributed by atoms with Crippen molar-refractivity contribution in [2.24, 2.45) is 5.92 Å². The number of fused-ring (bicyclic) bond motifs is 1. The van der Waals surface area contributed by atoms with E-state index < -0.39 is 29.3 Å². The molecule has 1 unspecified atom stereocenters. The van der Waals surface area contributed by atoms with Crippen LogP contribution in [0.3, 0.4) is 0 Å². The molecule has 130 valence electrons. The van der Waals surface area contributed by atoms with Crippen LogP contribution in [0, 0.1) is 17.6 Å². The first-order chi connectivity index (χ1) is 12.0. The number of halogens is 2. The van der Waals surface area contributed by atoms with E-state index in [9.17, 15) is 13.6 Å². The molecule has 0 saturated carbocycles. The van der Waals surface area contributed by atoms with Crippen molar-refractivity contribution < 1.29 is 23.4 Å². The highest BCUT2D eigenvalue weighted by Gasteiger charge is 2.17. The van der Waals surface area contributed by atoms with Gasteiger partial charge in [0.1, 0.15) is 6.61 Å². The summed E-state index contributed by atoms with van der Waals surface area (Å²) in [4.78, 5) is 10.9. The Labute approximate surface area is 142 Å². The summed E-state index contributed by atoms with van der Waals surface area (Å²) in [5.74, 6) is -3.95. The number of carboxylic acids is 1. The summed E-state index contributed by atoms with van der Waals surface area (Å²) in [5, 5.41) is 16.5. The Bertz CT molecular complexity index is 901. The fourth-order valence-electron chi connectivity index (χ4n) is 2.61. The van der Waals surface area contributed by atoms with Gasteiger partial charge in [-0.3, -0.25) is 9.89 Å². The van der Waals surface area contributed by atoms with Crippen LogP contribution in [-0.4, -0.2) is 21.3 Å². The standard InChI is InChI=1S/C18H16F2N2O3/c1-10(18(23)24)5-11-6-14(19)17(15(20)7-11)25-9-13-4-2-3-12-8-21-22-16(12)13/h2-4,6-8,10H,5,9H2,1H3,(H,21,22)(H,23,24). The van der Waals surface area contributed by atoms with Crippen molar-refractivity contribution in [2.75, 3.05) is 0 Å². The minimum absolute atomic E-state index is 0.0295. The molecule has 7 heteroatoms. The fraction of sp³-hybridized carbons (Fsp3) is 0.222. The molecule has 0 saturated heterocycles. The van der Waals surface area contributed by atoms with E-state index in [2.05, 4.69) is 10.2 Å². The van der Waals surface area contributed by atoms with Gasteiger partial charge in [0.05, 0.1) is 17.6 Å². The molecule has 0 aliphatic carbocycles. The van der Waals surface area contributed by atoms with Gasteiger partial charge >= 0.3 is 5.97 Å². The maximum absolute atomic E-state index is 14.2. The Morgan fingerprint density at radius 1 is 1.32 bits per heavy atom. The molecule has 3 aromatic rings. The van der Waals surface area contributed by atoms with Gasteiger partial charge in [0.2, 0.25) is 0 Å². The van der Waals surface area contributed by atoms with Crippen LogP contribution >= 0.6 is 0 Å². The predicted octanol–water partition coefficient (Wildman–Crippen LogP) is 3.68. The van der Waals surface area contributed by atoms with E-state index in [0.717, 1.165) is 28.6 Å². The molecule has 0 radical (unpaired) electrons. The maximum Gasteiger partial charge on any atom is 0.306 e. The Morgan fingerprint density at radius 3 is 2.72 bits per heavy atom. The highest BCUT2D eigenvalue weighted by molar-refractivity contribution is 5.81. The van der Waals surface area contributed by atoms with Crippen LogP contribution in [0.15, 0.2) is 36.5 Å². The molecule has 0 fully saturated rings. The number of carbonyl (C=O) groups is 1. The molecule has 3 rings (SSSR count).